The first-order valence-corrected chi connectivity index (χ1v) is 5.42. The van der Waals surface area contributed by atoms with Crippen molar-refractivity contribution in [3.63, 3.8) is 0 Å². The second-order valence-electron chi connectivity index (χ2n) is 3.44. The summed E-state index contributed by atoms with van der Waals surface area (Å²) in [6.07, 6.45) is 5.83. The number of pyridine rings is 1. The molecule has 0 atom stereocenters. The van der Waals surface area contributed by atoms with E-state index >= 15 is 0 Å². The first-order valence-electron chi connectivity index (χ1n) is 5.42. The first-order chi connectivity index (χ1) is 9.31. The minimum absolute atomic E-state index is 0.187. The number of carbonyl (C=O) groups is 1. The van der Waals surface area contributed by atoms with Crippen molar-refractivity contribution in [3.8, 4) is 11.8 Å². The van der Waals surface area contributed by atoms with Crippen molar-refractivity contribution in [2.75, 3.05) is 11.9 Å². The van der Waals surface area contributed by atoms with Crippen LogP contribution in [0.1, 0.15) is 16.1 Å². The molecular weight excluding hydrogens is 244 g/mol. The maximum atomic E-state index is 12.0. The number of carbonyl (C=O) groups excluding carboxylic acids is 1. The van der Waals surface area contributed by atoms with Gasteiger partial charge in [-0.25, -0.2) is 15.0 Å². The lowest BCUT2D eigenvalue weighted by Gasteiger charge is -2.04. The van der Waals surface area contributed by atoms with Gasteiger partial charge in [0, 0.05) is 6.20 Å². The van der Waals surface area contributed by atoms with E-state index in [1.54, 1.807) is 12.1 Å². The maximum absolute atomic E-state index is 12.0. The van der Waals surface area contributed by atoms with Crippen LogP contribution >= 0.6 is 0 Å². The van der Waals surface area contributed by atoms with Gasteiger partial charge in [-0.2, -0.15) is 0 Å². The molecular formula is C13H10N4O2. The lowest BCUT2D eigenvalue weighted by atomic mass is 10.2. The van der Waals surface area contributed by atoms with Gasteiger partial charge in [0.1, 0.15) is 18.6 Å². The second kappa shape index (κ2) is 6.23. The van der Waals surface area contributed by atoms with Gasteiger partial charge >= 0.3 is 0 Å². The number of aliphatic hydroxyl groups excluding tert-OH is 1. The highest BCUT2D eigenvalue weighted by atomic mass is 16.2. The Hall–Kier alpha value is -2.78. The van der Waals surface area contributed by atoms with Crippen LogP contribution < -0.4 is 5.32 Å². The monoisotopic (exact) mass is 254 g/mol. The molecule has 0 aromatic carbocycles. The lowest BCUT2D eigenvalue weighted by Crippen LogP contribution is -2.15. The second-order valence-corrected chi connectivity index (χ2v) is 3.44. The van der Waals surface area contributed by atoms with Crippen molar-refractivity contribution in [1.82, 2.24) is 15.0 Å². The number of hydrogen-bond acceptors (Lipinski definition) is 5. The molecule has 19 heavy (non-hydrogen) atoms. The first kappa shape index (κ1) is 12.7. The molecule has 0 fully saturated rings. The Labute approximate surface area is 109 Å². The van der Waals surface area contributed by atoms with Crippen LogP contribution in [0.3, 0.4) is 0 Å². The average molecular weight is 254 g/mol. The molecule has 2 heterocycles. The Morgan fingerprint density at radius 2 is 2.16 bits per heavy atom. The summed E-state index contributed by atoms with van der Waals surface area (Å²) in [6.45, 7) is -0.275. The Morgan fingerprint density at radius 1 is 1.37 bits per heavy atom. The summed E-state index contributed by atoms with van der Waals surface area (Å²) in [5.41, 5.74) is 1.11. The quantitative estimate of drug-likeness (QED) is 0.760. The molecule has 2 N–H and O–H groups in total. The molecule has 0 aliphatic carbocycles. The van der Waals surface area contributed by atoms with Gasteiger partial charge in [-0.05, 0) is 12.1 Å². The fraction of sp³-hybridized carbons (Fsp3) is 0.0769. The fourth-order valence-corrected chi connectivity index (χ4v) is 1.38. The smallest absolute Gasteiger partial charge is 0.275 e. The standard InChI is InChI=1S/C13H10N4O2/c18-6-2-4-10-3-1-5-16-12(10)13(19)17-11-7-14-9-15-8-11/h1,3,5,7-9,18H,6H2,(H,17,19). The minimum atomic E-state index is -0.405. The van der Waals surface area contributed by atoms with E-state index in [0.717, 1.165) is 0 Å². The Bertz CT molecular complexity index is 632. The van der Waals surface area contributed by atoms with Crippen LogP contribution in [-0.4, -0.2) is 32.6 Å². The number of hydrogen-bond donors (Lipinski definition) is 2. The number of nitrogens with zero attached hydrogens (tertiary/aromatic N) is 3. The normalized spacial score (nSPS) is 9.32. The van der Waals surface area contributed by atoms with Crippen LogP contribution in [0.15, 0.2) is 37.1 Å². The summed E-state index contributed by atoms with van der Waals surface area (Å²) < 4.78 is 0. The number of aliphatic hydroxyl groups is 1. The molecule has 0 aliphatic heterocycles. The van der Waals surface area contributed by atoms with Crippen LogP contribution in [0.5, 0.6) is 0 Å². The number of anilines is 1. The van der Waals surface area contributed by atoms with Gasteiger partial charge in [-0.3, -0.25) is 4.79 Å². The molecule has 94 valence electrons. The summed E-state index contributed by atoms with van der Waals surface area (Å²) in [4.78, 5) is 23.6. The van der Waals surface area contributed by atoms with E-state index in [4.69, 9.17) is 5.11 Å². The Kier molecular flexibility index (Phi) is 4.16. The zero-order valence-corrected chi connectivity index (χ0v) is 9.87. The zero-order chi connectivity index (χ0) is 13.5. The molecule has 0 saturated heterocycles. The number of rotatable bonds is 2. The van der Waals surface area contributed by atoms with E-state index in [9.17, 15) is 4.79 Å². The van der Waals surface area contributed by atoms with Crippen molar-refractivity contribution in [3.05, 3.63) is 48.3 Å². The van der Waals surface area contributed by atoms with E-state index in [1.807, 2.05) is 0 Å². The van der Waals surface area contributed by atoms with Crippen LogP contribution in [0.25, 0.3) is 0 Å². The van der Waals surface area contributed by atoms with Gasteiger partial charge in [0.2, 0.25) is 0 Å². The topological polar surface area (TPSA) is 88.0 Å². The van der Waals surface area contributed by atoms with Gasteiger partial charge in [0.25, 0.3) is 5.91 Å². The third kappa shape index (κ3) is 3.34. The third-order valence-corrected chi connectivity index (χ3v) is 2.14. The van der Waals surface area contributed by atoms with Crippen LogP contribution in [0.2, 0.25) is 0 Å². The summed E-state index contributed by atoms with van der Waals surface area (Å²) in [7, 11) is 0. The number of amides is 1. The summed E-state index contributed by atoms with van der Waals surface area (Å²) >= 11 is 0. The number of aromatic nitrogens is 3. The summed E-state index contributed by atoms with van der Waals surface area (Å²) in [6, 6.07) is 3.33. The van der Waals surface area contributed by atoms with Crippen LogP contribution in [-0.2, 0) is 0 Å². The van der Waals surface area contributed by atoms with E-state index < -0.39 is 5.91 Å². The largest absolute Gasteiger partial charge is 0.384 e. The molecule has 0 saturated carbocycles. The molecule has 0 aliphatic rings. The highest BCUT2D eigenvalue weighted by Crippen LogP contribution is 2.08. The SMILES string of the molecule is O=C(Nc1cncnc1)c1ncccc1C#CCO. The van der Waals surface area contributed by atoms with Gasteiger partial charge in [-0.15, -0.1) is 0 Å². The van der Waals surface area contributed by atoms with E-state index in [1.165, 1.54) is 24.9 Å². The molecule has 2 aromatic rings. The highest BCUT2D eigenvalue weighted by Gasteiger charge is 2.11. The predicted molar refractivity (Wildman–Crippen MR) is 68.2 cm³/mol. The van der Waals surface area contributed by atoms with Gasteiger partial charge in [0.15, 0.2) is 0 Å². The molecule has 2 rings (SSSR count). The van der Waals surface area contributed by atoms with Gasteiger partial charge in [-0.1, -0.05) is 11.8 Å². The van der Waals surface area contributed by atoms with Crippen molar-refractivity contribution in [2.45, 2.75) is 0 Å². The average Bonchev–Trinajstić information content (AvgIpc) is 2.46. The zero-order valence-electron chi connectivity index (χ0n) is 9.87. The summed E-state index contributed by atoms with van der Waals surface area (Å²) in [5.74, 6) is 4.75. The fourth-order valence-electron chi connectivity index (χ4n) is 1.38. The van der Waals surface area contributed by atoms with Crippen LogP contribution in [0.4, 0.5) is 5.69 Å². The molecule has 6 heteroatoms. The Balaban J connectivity index is 2.24. The molecule has 1 amide bonds. The Morgan fingerprint density at radius 3 is 2.89 bits per heavy atom. The molecule has 0 bridgehead atoms. The molecule has 0 unspecified atom stereocenters. The predicted octanol–water partition coefficient (Wildman–Crippen LogP) is 0.468. The molecule has 6 nitrogen and oxygen atoms in total. The van der Waals surface area contributed by atoms with Crippen molar-refractivity contribution in [1.29, 1.82) is 0 Å². The molecule has 2 aromatic heterocycles. The minimum Gasteiger partial charge on any atom is -0.384 e. The third-order valence-electron chi connectivity index (χ3n) is 2.14. The number of nitrogens with one attached hydrogen (secondary N) is 1. The maximum Gasteiger partial charge on any atom is 0.275 e. The van der Waals surface area contributed by atoms with E-state index in [-0.39, 0.29) is 12.3 Å². The van der Waals surface area contributed by atoms with Crippen molar-refractivity contribution in [2.24, 2.45) is 0 Å². The van der Waals surface area contributed by atoms with Crippen LogP contribution in [0, 0.1) is 11.8 Å². The van der Waals surface area contributed by atoms with E-state index in [0.29, 0.717) is 11.3 Å². The van der Waals surface area contributed by atoms with Gasteiger partial charge in [0.05, 0.1) is 23.6 Å². The summed E-state index contributed by atoms with van der Waals surface area (Å²) in [5, 5.41) is 11.3. The van der Waals surface area contributed by atoms with Gasteiger partial charge < -0.3 is 10.4 Å². The van der Waals surface area contributed by atoms with Crippen molar-refractivity contribution >= 4 is 11.6 Å². The van der Waals surface area contributed by atoms with Crippen molar-refractivity contribution < 1.29 is 9.90 Å². The molecule has 0 radical (unpaired) electrons. The van der Waals surface area contributed by atoms with E-state index in [2.05, 4.69) is 32.1 Å². The molecule has 0 spiro atoms. The highest BCUT2D eigenvalue weighted by molar-refractivity contribution is 6.04. The lowest BCUT2D eigenvalue weighted by molar-refractivity contribution is 0.102.